The van der Waals surface area contributed by atoms with Gasteiger partial charge in [0.05, 0.1) is 13.1 Å². The van der Waals surface area contributed by atoms with Crippen LogP contribution in [0, 0.1) is 11.6 Å². The van der Waals surface area contributed by atoms with Crippen molar-refractivity contribution in [2.75, 3.05) is 25.0 Å². The van der Waals surface area contributed by atoms with Gasteiger partial charge < -0.3 is 10.6 Å². The van der Waals surface area contributed by atoms with Gasteiger partial charge in [0, 0.05) is 6.54 Å². The van der Waals surface area contributed by atoms with Crippen LogP contribution >= 0.6 is 0 Å². The van der Waals surface area contributed by atoms with Crippen molar-refractivity contribution in [3.05, 3.63) is 29.8 Å². The Hall–Kier alpha value is -2.02. The molecule has 1 rings (SSSR count). The molecule has 0 bridgehead atoms. The predicted molar refractivity (Wildman–Crippen MR) is 71.2 cm³/mol. The molecule has 0 aromatic heterocycles. The topological polar surface area (TPSA) is 70.2 Å². The fraction of sp³-hybridized carbons (Fsp3) is 0.385. The van der Waals surface area contributed by atoms with E-state index in [9.17, 15) is 18.4 Å². The number of carbonyl (C=O) groups is 2. The molecule has 0 unspecified atom stereocenters. The molecule has 0 aliphatic carbocycles. The summed E-state index contributed by atoms with van der Waals surface area (Å²) in [4.78, 5) is 22.7. The monoisotopic (exact) mass is 285 g/mol. The van der Waals surface area contributed by atoms with Gasteiger partial charge in [-0.15, -0.1) is 0 Å². The Labute approximate surface area is 115 Å². The van der Waals surface area contributed by atoms with E-state index in [1.807, 2.05) is 6.92 Å². The first-order valence-corrected chi connectivity index (χ1v) is 6.26. The van der Waals surface area contributed by atoms with E-state index in [1.165, 1.54) is 6.07 Å². The summed E-state index contributed by atoms with van der Waals surface area (Å²) in [6.07, 6.45) is 0.818. The number of carbonyl (C=O) groups excluding carboxylic acids is 2. The van der Waals surface area contributed by atoms with Crippen molar-refractivity contribution in [2.45, 2.75) is 13.3 Å². The van der Waals surface area contributed by atoms with Crippen LogP contribution in [-0.2, 0) is 9.59 Å². The minimum absolute atomic E-state index is 0.0345. The van der Waals surface area contributed by atoms with Gasteiger partial charge in [-0.3, -0.25) is 14.9 Å². The van der Waals surface area contributed by atoms with Gasteiger partial charge in [-0.05, 0) is 18.6 Å². The molecule has 2 amide bonds. The molecule has 0 atom stereocenters. The largest absolute Gasteiger partial charge is 0.355 e. The molecule has 7 heteroatoms. The minimum atomic E-state index is -0.848. The Morgan fingerprint density at radius 2 is 1.70 bits per heavy atom. The zero-order chi connectivity index (χ0) is 15.0. The number of amides is 2. The molecular formula is C13H17F2N3O2. The van der Waals surface area contributed by atoms with E-state index in [0.717, 1.165) is 18.6 Å². The van der Waals surface area contributed by atoms with Crippen LogP contribution in [0.5, 0.6) is 0 Å². The molecule has 0 saturated heterocycles. The Bertz CT molecular complexity index is 460. The Morgan fingerprint density at radius 1 is 1.10 bits per heavy atom. The molecule has 0 radical (unpaired) electrons. The smallest absolute Gasteiger partial charge is 0.238 e. The lowest BCUT2D eigenvalue weighted by molar-refractivity contribution is -0.120. The van der Waals surface area contributed by atoms with Crippen LogP contribution in [0.4, 0.5) is 14.5 Å². The first kappa shape index (κ1) is 16.0. The zero-order valence-corrected chi connectivity index (χ0v) is 11.1. The van der Waals surface area contributed by atoms with Crippen LogP contribution in [0.15, 0.2) is 18.2 Å². The number of anilines is 1. The van der Waals surface area contributed by atoms with Crippen molar-refractivity contribution in [2.24, 2.45) is 0 Å². The average Bonchev–Trinajstić information content (AvgIpc) is 2.41. The lowest BCUT2D eigenvalue weighted by Gasteiger charge is -2.08. The molecule has 20 heavy (non-hydrogen) atoms. The van der Waals surface area contributed by atoms with Gasteiger partial charge in [0.1, 0.15) is 17.3 Å². The highest BCUT2D eigenvalue weighted by atomic mass is 19.1. The lowest BCUT2D eigenvalue weighted by Crippen LogP contribution is -2.38. The fourth-order valence-corrected chi connectivity index (χ4v) is 1.42. The number of hydrogen-bond donors (Lipinski definition) is 3. The van der Waals surface area contributed by atoms with Crippen molar-refractivity contribution in [3.8, 4) is 0 Å². The molecule has 110 valence electrons. The third-order valence-corrected chi connectivity index (χ3v) is 2.37. The summed E-state index contributed by atoms with van der Waals surface area (Å²) in [6.45, 7) is 2.23. The van der Waals surface area contributed by atoms with Crippen molar-refractivity contribution < 1.29 is 18.4 Å². The van der Waals surface area contributed by atoms with Gasteiger partial charge in [0.25, 0.3) is 0 Å². The third kappa shape index (κ3) is 5.31. The van der Waals surface area contributed by atoms with Crippen molar-refractivity contribution in [1.82, 2.24) is 10.6 Å². The summed E-state index contributed by atoms with van der Waals surface area (Å²) in [7, 11) is 0. The first-order valence-electron chi connectivity index (χ1n) is 6.26. The molecule has 0 saturated carbocycles. The second kappa shape index (κ2) is 8.21. The van der Waals surface area contributed by atoms with E-state index in [1.54, 1.807) is 0 Å². The Kier molecular flexibility index (Phi) is 6.58. The highest BCUT2D eigenvalue weighted by Gasteiger charge is 2.11. The molecule has 0 aliphatic heterocycles. The van der Waals surface area contributed by atoms with E-state index in [-0.39, 0.29) is 19.0 Å². The maximum absolute atomic E-state index is 13.3. The minimum Gasteiger partial charge on any atom is -0.355 e. The highest BCUT2D eigenvalue weighted by Crippen LogP contribution is 2.17. The first-order chi connectivity index (χ1) is 9.54. The van der Waals surface area contributed by atoms with Crippen molar-refractivity contribution in [3.63, 3.8) is 0 Å². The molecule has 5 nitrogen and oxygen atoms in total. The molecule has 1 aromatic carbocycles. The number of rotatable bonds is 7. The van der Waals surface area contributed by atoms with Crippen molar-refractivity contribution in [1.29, 1.82) is 0 Å². The molecule has 0 spiro atoms. The summed E-state index contributed by atoms with van der Waals surface area (Å²) in [6, 6.07) is 3.30. The number of nitrogens with one attached hydrogen (secondary N) is 3. The van der Waals surface area contributed by atoms with Crippen LogP contribution < -0.4 is 16.0 Å². The predicted octanol–water partition coefficient (Wildman–Crippen LogP) is 1.02. The van der Waals surface area contributed by atoms with Crippen LogP contribution in [0.1, 0.15) is 13.3 Å². The highest BCUT2D eigenvalue weighted by molar-refractivity contribution is 5.92. The number of para-hydroxylation sites is 1. The van der Waals surface area contributed by atoms with Crippen LogP contribution in [0.3, 0.4) is 0 Å². The van der Waals surface area contributed by atoms with Gasteiger partial charge in [0.15, 0.2) is 0 Å². The zero-order valence-electron chi connectivity index (χ0n) is 11.1. The van der Waals surface area contributed by atoms with E-state index < -0.39 is 23.2 Å². The average molecular weight is 285 g/mol. The maximum Gasteiger partial charge on any atom is 0.238 e. The van der Waals surface area contributed by atoms with E-state index in [2.05, 4.69) is 16.0 Å². The standard InChI is InChI=1S/C13H17F2N3O2/c1-2-6-17-11(19)7-16-8-12(20)18-13-9(14)4-3-5-10(13)15/h3-5,16H,2,6-8H2,1H3,(H,17,19)(H,18,20). The number of hydrogen-bond acceptors (Lipinski definition) is 3. The van der Waals surface area contributed by atoms with Gasteiger partial charge in [-0.1, -0.05) is 13.0 Å². The van der Waals surface area contributed by atoms with Crippen molar-refractivity contribution >= 4 is 17.5 Å². The van der Waals surface area contributed by atoms with Gasteiger partial charge >= 0.3 is 0 Å². The second-order valence-corrected chi connectivity index (χ2v) is 4.10. The summed E-state index contributed by atoms with van der Waals surface area (Å²) in [5, 5.41) is 7.32. The quantitative estimate of drug-likeness (QED) is 0.700. The molecular weight excluding hydrogens is 268 g/mol. The van der Waals surface area contributed by atoms with E-state index in [4.69, 9.17) is 0 Å². The SMILES string of the molecule is CCCNC(=O)CNCC(=O)Nc1c(F)cccc1F. The Balaban J connectivity index is 2.36. The third-order valence-electron chi connectivity index (χ3n) is 2.37. The van der Waals surface area contributed by atoms with Gasteiger partial charge in [0.2, 0.25) is 11.8 Å². The summed E-state index contributed by atoms with van der Waals surface area (Å²) < 4.78 is 26.5. The van der Waals surface area contributed by atoms with Gasteiger partial charge in [-0.2, -0.15) is 0 Å². The molecule has 0 aliphatic rings. The molecule has 1 aromatic rings. The van der Waals surface area contributed by atoms with E-state index >= 15 is 0 Å². The maximum atomic E-state index is 13.3. The van der Waals surface area contributed by atoms with Crippen LogP contribution in [0.25, 0.3) is 0 Å². The second-order valence-electron chi connectivity index (χ2n) is 4.10. The molecule has 0 heterocycles. The van der Waals surface area contributed by atoms with Crippen LogP contribution in [-0.4, -0.2) is 31.4 Å². The normalized spacial score (nSPS) is 10.2. The Morgan fingerprint density at radius 3 is 2.30 bits per heavy atom. The summed E-state index contributed by atoms with van der Waals surface area (Å²) in [5.41, 5.74) is -0.491. The summed E-state index contributed by atoms with van der Waals surface area (Å²) in [5.74, 6) is -2.56. The van der Waals surface area contributed by atoms with Gasteiger partial charge in [-0.25, -0.2) is 8.78 Å². The molecule has 3 N–H and O–H groups in total. The fourth-order valence-electron chi connectivity index (χ4n) is 1.42. The van der Waals surface area contributed by atoms with E-state index in [0.29, 0.717) is 6.54 Å². The number of benzene rings is 1. The molecule has 0 fully saturated rings. The van der Waals surface area contributed by atoms with Crippen LogP contribution in [0.2, 0.25) is 0 Å². The summed E-state index contributed by atoms with van der Waals surface area (Å²) >= 11 is 0. The lowest BCUT2D eigenvalue weighted by atomic mass is 10.3. The number of halogens is 2.